The van der Waals surface area contributed by atoms with E-state index in [1.807, 2.05) is 0 Å². The second-order valence-corrected chi connectivity index (χ2v) is 3.86. The second-order valence-electron chi connectivity index (χ2n) is 3.86. The standard InChI is InChI=1S/C14H11F2NO2/c1-9(18)17-10-6-7-14(12(16)8-10)19-13-5-3-2-4-11(13)15/h2-8H,1H3,(H,17,18). The van der Waals surface area contributed by atoms with Crippen LogP contribution in [-0.4, -0.2) is 5.91 Å². The third-order valence-corrected chi connectivity index (χ3v) is 2.31. The molecule has 0 radical (unpaired) electrons. The third-order valence-electron chi connectivity index (χ3n) is 2.31. The molecule has 0 aliphatic rings. The largest absolute Gasteiger partial charge is 0.451 e. The van der Waals surface area contributed by atoms with Crippen molar-refractivity contribution in [2.75, 3.05) is 5.32 Å². The summed E-state index contributed by atoms with van der Waals surface area (Å²) >= 11 is 0. The Labute approximate surface area is 108 Å². The normalized spacial score (nSPS) is 10.1. The highest BCUT2D eigenvalue weighted by Crippen LogP contribution is 2.28. The number of amides is 1. The van der Waals surface area contributed by atoms with Gasteiger partial charge in [-0.25, -0.2) is 8.78 Å². The smallest absolute Gasteiger partial charge is 0.221 e. The monoisotopic (exact) mass is 263 g/mol. The average molecular weight is 263 g/mol. The number of halogens is 2. The van der Waals surface area contributed by atoms with Gasteiger partial charge in [0.25, 0.3) is 0 Å². The molecular formula is C14H11F2NO2. The van der Waals surface area contributed by atoms with Crippen molar-refractivity contribution in [1.82, 2.24) is 0 Å². The maximum Gasteiger partial charge on any atom is 0.221 e. The van der Waals surface area contributed by atoms with E-state index in [1.54, 1.807) is 6.07 Å². The van der Waals surface area contributed by atoms with Gasteiger partial charge < -0.3 is 10.1 Å². The van der Waals surface area contributed by atoms with E-state index >= 15 is 0 Å². The first kappa shape index (κ1) is 13.0. The van der Waals surface area contributed by atoms with Gasteiger partial charge in [0.2, 0.25) is 5.91 Å². The summed E-state index contributed by atoms with van der Waals surface area (Å²) in [6.07, 6.45) is 0. The molecule has 2 aromatic rings. The number of anilines is 1. The lowest BCUT2D eigenvalue weighted by Crippen LogP contribution is -2.06. The quantitative estimate of drug-likeness (QED) is 0.916. The van der Waals surface area contributed by atoms with E-state index in [1.165, 1.54) is 37.3 Å². The summed E-state index contributed by atoms with van der Waals surface area (Å²) < 4.78 is 32.2. The molecule has 0 heterocycles. The Balaban J connectivity index is 2.22. The van der Waals surface area contributed by atoms with E-state index in [9.17, 15) is 13.6 Å². The highest BCUT2D eigenvalue weighted by Gasteiger charge is 2.09. The van der Waals surface area contributed by atoms with Gasteiger partial charge in [0, 0.05) is 18.7 Å². The number of para-hydroxylation sites is 1. The van der Waals surface area contributed by atoms with Crippen LogP contribution in [0.5, 0.6) is 11.5 Å². The number of ether oxygens (including phenoxy) is 1. The van der Waals surface area contributed by atoms with Crippen LogP contribution in [0.1, 0.15) is 6.92 Å². The van der Waals surface area contributed by atoms with E-state index in [0.29, 0.717) is 5.69 Å². The van der Waals surface area contributed by atoms with Gasteiger partial charge in [-0.1, -0.05) is 12.1 Å². The van der Waals surface area contributed by atoms with E-state index in [4.69, 9.17) is 4.74 Å². The predicted octanol–water partition coefficient (Wildman–Crippen LogP) is 3.72. The van der Waals surface area contributed by atoms with Crippen molar-refractivity contribution in [1.29, 1.82) is 0 Å². The van der Waals surface area contributed by atoms with Crippen molar-refractivity contribution in [3.63, 3.8) is 0 Å². The maximum atomic E-state index is 13.7. The van der Waals surface area contributed by atoms with Crippen molar-refractivity contribution in [2.24, 2.45) is 0 Å². The van der Waals surface area contributed by atoms with Crippen LogP contribution in [-0.2, 0) is 4.79 Å². The molecule has 0 spiro atoms. The topological polar surface area (TPSA) is 38.3 Å². The zero-order valence-corrected chi connectivity index (χ0v) is 10.1. The molecule has 0 bridgehead atoms. The first-order valence-electron chi connectivity index (χ1n) is 5.56. The summed E-state index contributed by atoms with van der Waals surface area (Å²) in [7, 11) is 0. The number of benzene rings is 2. The summed E-state index contributed by atoms with van der Waals surface area (Å²) in [4.78, 5) is 10.8. The molecule has 0 aromatic heterocycles. The second kappa shape index (κ2) is 5.48. The SMILES string of the molecule is CC(=O)Nc1ccc(Oc2ccccc2F)c(F)c1. The van der Waals surface area contributed by atoms with E-state index in [-0.39, 0.29) is 17.4 Å². The number of hydrogen-bond acceptors (Lipinski definition) is 2. The fourth-order valence-electron chi connectivity index (χ4n) is 1.51. The number of rotatable bonds is 3. The molecule has 2 aromatic carbocycles. The molecule has 1 N–H and O–H groups in total. The van der Waals surface area contributed by atoms with Crippen LogP contribution in [0.25, 0.3) is 0 Å². The summed E-state index contributed by atoms with van der Waals surface area (Å²) in [5, 5.41) is 2.44. The van der Waals surface area contributed by atoms with Crippen molar-refractivity contribution in [3.05, 3.63) is 54.1 Å². The molecule has 5 heteroatoms. The predicted molar refractivity (Wildman–Crippen MR) is 67.2 cm³/mol. The Kier molecular flexibility index (Phi) is 3.75. The lowest BCUT2D eigenvalue weighted by atomic mass is 10.2. The maximum absolute atomic E-state index is 13.7. The molecule has 0 unspecified atom stereocenters. The Morgan fingerprint density at radius 1 is 1.05 bits per heavy atom. The summed E-state index contributed by atoms with van der Waals surface area (Å²) in [5.74, 6) is -1.74. The Hall–Kier alpha value is -2.43. The molecule has 0 aliphatic carbocycles. The van der Waals surface area contributed by atoms with E-state index in [0.717, 1.165) is 6.07 Å². The van der Waals surface area contributed by atoms with Crippen LogP contribution < -0.4 is 10.1 Å². The van der Waals surface area contributed by atoms with Gasteiger partial charge in [0.15, 0.2) is 23.1 Å². The van der Waals surface area contributed by atoms with Crippen LogP contribution in [0.3, 0.4) is 0 Å². The van der Waals surface area contributed by atoms with Crippen molar-refractivity contribution >= 4 is 11.6 Å². The van der Waals surface area contributed by atoms with Gasteiger partial charge >= 0.3 is 0 Å². The highest BCUT2D eigenvalue weighted by atomic mass is 19.1. The molecule has 98 valence electrons. The minimum atomic E-state index is -0.686. The minimum Gasteiger partial charge on any atom is -0.451 e. The summed E-state index contributed by atoms with van der Waals surface area (Å²) in [6, 6.07) is 9.63. The van der Waals surface area contributed by atoms with Crippen LogP contribution in [0, 0.1) is 11.6 Å². The molecule has 0 atom stereocenters. The van der Waals surface area contributed by atoms with Crippen LogP contribution in [0.4, 0.5) is 14.5 Å². The summed E-state index contributed by atoms with van der Waals surface area (Å²) in [6.45, 7) is 1.32. The van der Waals surface area contributed by atoms with Gasteiger partial charge in [-0.15, -0.1) is 0 Å². The van der Waals surface area contributed by atoms with E-state index in [2.05, 4.69) is 5.32 Å². The van der Waals surface area contributed by atoms with Crippen molar-refractivity contribution in [3.8, 4) is 11.5 Å². The molecule has 2 rings (SSSR count). The first-order chi connectivity index (χ1) is 9.06. The van der Waals surface area contributed by atoms with Gasteiger partial charge in [-0.2, -0.15) is 0 Å². The zero-order chi connectivity index (χ0) is 13.8. The first-order valence-corrected chi connectivity index (χ1v) is 5.56. The molecule has 0 saturated carbocycles. The number of hydrogen-bond donors (Lipinski definition) is 1. The zero-order valence-electron chi connectivity index (χ0n) is 10.1. The third kappa shape index (κ3) is 3.28. The molecular weight excluding hydrogens is 252 g/mol. The number of nitrogens with one attached hydrogen (secondary N) is 1. The lowest BCUT2D eigenvalue weighted by molar-refractivity contribution is -0.114. The van der Waals surface area contributed by atoms with Gasteiger partial charge in [0.1, 0.15) is 0 Å². The van der Waals surface area contributed by atoms with Crippen molar-refractivity contribution in [2.45, 2.75) is 6.92 Å². The lowest BCUT2D eigenvalue weighted by Gasteiger charge is -2.09. The number of carbonyl (C=O) groups excluding carboxylic acids is 1. The Morgan fingerprint density at radius 3 is 2.37 bits per heavy atom. The Bertz CT molecular complexity index is 614. The van der Waals surface area contributed by atoms with Crippen LogP contribution in [0.2, 0.25) is 0 Å². The minimum absolute atomic E-state index is 0.0614. The van der Waals surface area contributed by atoms with Gasteiger partial charge in [0.05, 0.1) is 0 Å². The highest BCUT2D eigenvalue weighted by molar-refractivity contribution is 5.88. The molecule has 0 aliphatic heterocycles. The Morgan fingerprint density at radius 2 is 1.74 bits per heavy atom. The summed E-state index contributed by atoms with van der Waals surface area (Å²) in [5.41, 5.74) is 0.311. The van der Waals surface area contributed by atoms with Gasteiger partial charge in [-0.05, 0) is 24.3 Å². The van der Waals surface area contributed by atoms with Crippen LogP contribution >= 0.6 is 0 Å². The molecule has 19 heavy (non-hydrogen) atoms. The average Bonchev–Trinajstić information content (AvgIpc) is 2.34. The van der Waals surface area contributed by atoms with Crippen molar-refractivity contribution < 1.29 is 18.3 Å². The fourth-order valence-corrected chi connectivity index (χ4v) is 1.51. The fraction of sp³-hybridized carbons (Fsp3) is 0.0714. The molecule has 0 fully saturated rings. The van der Waals surface area contributed by atoms with Crippen LogP contribution in [0.15, 0.2) is 42.5 Å². The van der Waals surface area contributed by atoms with E-state index < -0.39 is 11.6 Å². The molecule has 3 nitrogen and oxygen atoms in total. The number of carbonyl (C=O) groups is 1. The molecule has 1 amide bonds. The van der Waals surface area contributed by atoms with Gasteiger partial charge in [-0.3, -0.25) is 4.79 Å². The molecule has 0 saturated heterocycles.